The van der Waals surface area contributed by atoms with Crippen LogP contribution in [0.25, 0.3) is 0 Å². The van der Waals surface area contributed by atoms with E-state index in [0.717, 1.165) is 39.0 Å². The summed E-state index contributed by atoms with van der Waals surface area (Å²) < 4.78 is 7.45. The van der Waals surface area contributed by atoms with Crippen LogP contribution < -0.4 is 0 Å². The van der Waals surface area contributed by atoms with Crippen molar-refractivity contribution in [2.75, 3.05) is 26.2 Å². The number of hydrogen-bond donors (Lipinski definition) is 0. The zero-order valence-electron chi connectivity index (χ0n) is 15.3. The summed E-state index contributed by atoms with van der Waals surface area (Å²) in [5.41, 5.74) is 0.962. The van der Waals surface area contributed by atoms with Gasteiger partial charge in [0.25, 0.3) is 0 Å². The first kappa shape index (κ1) is 16.0. The van der Waals surface area contributed by atoms with Gasteiger partial charge in [-0.25, -0.2) is 0 Å². The fraction of sp³-hybridized carbons (Fsp3) is 0.667. The van der Waals surface area contributed by atoms with Gasteiger partial charge < -0.3 is 9.42 Å². The highest BCUT2D eigenvalue weighted by molar-refractivity contribution is 5.81. The Morgan fingerprint density at radius 1 is 1.35 bits per heavy atom. The minimum absolute atomic E-state index is 0.242. The van der Waals surface area contributed by atoms with Crippen molar-refractivity contribution in [1.82, 2.24) is 29.7 Å². The first-order chi connectivity index (χ1) is 12.5. The molecule has 1 aliphatic carbocycles. The molecule has 8 nitrogen and oxygen atoms in total. The van der Waals surface area contributed by atoms with Gasteiger partial charge >= 0.3 is 0 Å². The topological polar surface area (TPSA) is 80.3 Å². The van der Waals surface area contributed by atoms with Crippen LogP contribution in [0.2, 0.25) is 0 Å². The summed E-state index contributed by atoms with van der Waals surface area (Å²) in [6, 6.07) is 0. The van der Waals surface area contributed by atoms with Crippen LogP contribution in [0.5, 0.6) is 0 Å². The lowest BCUT2D eigenvalue weighted by Gasteiger charge is -2.26. The molecule has 0 bridgehead atoms. The Labute approximate surface area is 152 Å². The standard InChI is InChI=1S/C18H24N6O2/c1-12-20-17(26-21-12)18-10-23(7-13-5-19-22(2)6-13)8-15(18)9-24(11-18)16(25)14-3-4-14/h5-6,14-15H,3-4,7-11H2,1-2H3/t15-,18-/m0/s1. The Morgan fingerprint density at radius 2 is 2.19 bits per heavy atom. The van der Waals surface area contributed by atoms with Crippen molar-refractivity contribution < 1.29 is 9.32 Å². The van der Waals surface area contributed by atoms with Crippen LogP contribution >= 0.6 is 0 Å². The van der Waals surface area contributed by atoms with E-state index in [4.69, 9.17) is 4.52 Å². The molecule has 3 fully saturated rings. The zero-order valence-corrected chi connectivity index (χ0v) is 15.3. The van der Waals surface area contributed by atoms with Gasteiger partial charge in [0.15, 0.2) is 5.82 Å². The summed E-state index contributed by atoms with van der Waals surface area (Å²) in [4.78, 5) is 21.7. The number of hydrogen-bond acceptors (Lipinski definition) is 6. The number of likely N-dealkylation sites (tertiary alicyclic amines) is 2. The van der Waals surface area contributed by atoms with Crippen LogP contribution in [0.15, 0.2) is 16.9 Å². The number of rotatable bonds is 4. The van der Waals surface area contributed by atoms with E-state index in [1.807, 2.05) is 29.7 Å². The molecule has 1 amide bonds. The van der Waals surface area contributed by atoms with Gasteiger partial charge in [-0.3, -0.25) is 14.4 Å². The molecule has 2 aromatic rings. The number of nitrogens with zero attached hydrogens (tertiary/aromatic N) is 6. The number of aryl methyl sites for hydroxylation is 2. The lowest BCUT2D eigenvalue weighted by molar-refractivity contribution is -0.132. The number of aromatic nitrogens is 4. The molecule has 2 aromatic heterocycles. The predicted molar refractivity (Wildman–Crippen MR) is 92.0 cm³/mol. The van der Waals surface area contributed by atoms with Crippen molar-refractivity contribution in [3.63, 3.8) is 0 Å². The molecule has 1 saturated carbocycles. The second-order valence-electron chi connectivity index (χ2n) is 8.18. The Hall–Kier alpha value is -2.22. The van der Waals surface area contributed by atoms with E-state index in [2.05, 4.69) is 26.3 Å². The van der Waals surface area contributed by atoms with Crippen LogP contribution in [0.1, 0.15) is 30.1 Å². The highest BCUT2D eigenvalue weighted by Crippen LogP contribution is 2.46. The first-order valence-corrected chi connectivity index (χ1v) is 9.33. The molecule has 2 saturated heterocycles. The third kappa shape index (κ3) is 2.55. The maximum absolute atomic E-state index is 12.6. The second kappa shape index (κ2) is 5.64. The highest BCUT2D eigenvalue weighted by Gasteiger charge is 2.58. The molecule has 3 aliphatic rings. The van der Waals surface area contributed by atoms with Gasteiger partial charge in [-0.2, -0.15) is 10.1 Å². The maximum Gasteiger partial charge on any atom is 0.236 e. The number of amides is 1. The summed E-state index contributed by atoms with van der Waals surface area (Å²) in [5.74, 6) is 2.25. The molecule has 0 aromatic carbocycles. The van der Waals surface area contributed by atoms with E-state index in [0.29, 0.717) is 30.1 Å². The maximum atomic E-state index is 12.6. The lowest BCUT2D eigenvalue weighted by atomic mass is 9.81. The Morgan fingerprint density at radius 3 is 2.85 bits per heavy atom. The van der Waals surface area contributed by atoms with Crippen molar-refractivity contribution in [2.45, 2.75) is 31.7 Å². The quantitative estimate of drug-likeness (QED) is 0.804. The molecule has 2 aliphatic heterocycles. The van der Waals surface area contributed by atoms with Gasteiger partial charge in [-0.15, -0.1) is 0 Å². The summed E-state index contributed by atoms with van der Waals surface area (Å²) in [6.07, 6.45) is 6.06. The van der Waals surface area contributed by atoms with Crippen molar-refractivity contribution in [2.24, 2.45) is 18.9 Å². The Balaban J connectivity index is 1.40. The molecule has 4 heterocycles. The normalized spacial score (nSPS) is 28.7. The summed E-state index contributed by atoms with van der Waals surface area (Å²) in [7, 11) is 1.94. The molecule has 138 valence electrons. The van der Waals surface area contributed by atoms with Gasteiger partial charge in [0, 0.05) is 63.4 Å². The predicted octanol–water partition coefficient (Wildman–Crippen LogP) is 0.734. The average Bonchev–Trinajstić information content (AvgIpc) is 2.87. The summed E-state index contributed by atoms with van der Waals surface area (Å²) >= 11 is 0. The molecule has 5 rings (SSSR count). The Bertz CT molecular complexity index is 840. The van der Waals surface area contributed by atoms with Crippen LogP contribution in [0.3, 0.4) is 0 Å². The van der Waals surface area contributed by atoms with Crippen molar-refractivity contribution >= 4 is 5.91 Å². The first-order valence-electron chi connectivity index (χ1n) is 9.33. The summed E-state index contributed by atoms with van der Waals surface area (Å²) in [5, 5.41) is 8.29. The van der Waals surface area contributed by atoms with Gasteiger partial charge in [-0.1, -0.05) is 5.16 Å². The van der Waals surface area contributed by atoms with E-state index in [1.54, 1.807) is 0 Å². The number of carbonyl (C=O) groups is 1. The largest absolute Gasteiger partial charge is 0.341 e. The highest BCUT2D eigenvalue weighted by atomic mass is 16.5. The molecule has 8 heteroatoms. The number of carbonyl (C=O) groups excluding carboxylic acids is 1. The van der Waals surface area contributed by atoms with E-state index in [9.17, 15) is 4.79 Å². The smallest absolute Gasteiger partial charge is 0.236 e. The average molecular weight is 356 g/mol. The van der Waals surface area contributed by atoms with Crippen molar-refractivity contribution in [3.05, 3.63) is 29.7 Å². The van der Waals surface area contributed by atoms with Crippen molar-refractivity contribution in [3.8, 4) is 0 Å². The van der Waals surface area contributed by atoms with E-state index < -0.39 is 0 Å². The molecule has 2 atom stereocenters. The fourth-order valence-corrected chi connectivity index (χ4v) is 4.66. The SMILES string of the molecule is Cc1noc([C@]23CN(Cc4cnn(C)c4)C[C@H]2CN(C(=O)C2CC2)C3)n1. The van der Waals surface area contributed by atoms with E-state index >= 15 is 0 Å². The molecular formula is C18H24N6O2. The molecule has 0 unspecified atom stereocenters. The van der Waals surface area contributed by atoms with Crippen molar-refractivity contribution in [1.29, 1.82) is 0 Å². The van der Waals surface area contributed by atoms with Crippen LogP contribution in [0.4, 0.5) is 0 Å². The van der Waals surface area contributed by atoms with Gasteiger partial charge in [0.2, 0.25) is 11.8 Å². The molecule has 0 N–H and O–H groups in total. The van der Waals surface area contributed by atoms with Gasteiger partial charge in [0.05, 0.1) is 11.6 Å². The monoisotopic (exact) mass is 356 g/mol. The lowest BCUT2D eigenvalue weighted by Crippen LogP contribution is -2.40. The molecule has 0 radical (unpaired) electrons. The molecule has 26 heavy (non-hydrogen) atoms. The minimum atomic E-state index is -0.242. The third-order valence-electron chi connectivity index (χ3n) is 6.04. The van der Waals surface area contributed by atoms with Crippen LogP contribution in [-0.2, 0) is 23.8 Å². The molecular weight excluding hydrogens is 332 g/mol. The minimum Gasteiger partial charge on any atom is -0.341 e. The molecule has 0 spiro atoms. The van der Waals surface area contributed by atoms with Crippen LogP contribution in [0, 0.1) is 18.8 Å². The van der Waals surface area contributed by atoms with Gasteiger partial charge in [0.1, 0.15) is 0 Å². The second-order valence-corrected chi connectivity index (χ2v) is 8.18. The zero-order chi connectivity index (χ0) is 17.9. The van der Waals surface area contributed by atoms with E-state index in [1.165, 1.54) is 5.56 Å². The third-order valence-corrected chi connectivity index (χ3v) is 6.04. The van der Waals surface area contributed by atoms with E-state index in [-0.39, 0.29) is 11.3 Å². The van der Waals surface area contributed by atoms with Crippen LogP contribution in [-0.4, -0.2) is 61.8 Å². The van der Waals surface area contributed by atoms with Gasteiger partial charge in [-0.05, 0) is 19.8 Å². The Kier molecular flexibility index (Phi) is 3.47. The summed E-state index contributed by atoms with van der Waals surface area (Å²) in [6.45, 7) is 5.96. The number of fused-ring (bicyclic) bond motifs is 1. The fourth-order valence-electron chi connectivity index (χ4n) is 4.66.